The Hall–Kier alpha value is -3.19. The standard InChI is InChI=1S/C22H21FN2O3S/c1-15(23)13-28-19-8-3-16(4-9-19)5-12-21(26)25-22-24-20(14-29-22)17-6-10-18(27-2)11-7-17/h3-12,14-15H,13H2,1-2H3,(H,24,25,26)/b12-5+. The number of rotatable bonds is 8. The van der Waals surface area contributed by atoms with Gasteiger partial charge in [-0.15, -0.1) is 11.3 Å². The Morgan fingerprint density at radius 1 is 1.17 bits per heavy atom. The van der Waals surface area contributed by atoms with E-state index in [0.29, 0.717) is 10.9 Å². The fourth-order valence-corrected chi connectivity index (χ4v) is 3.15. The van der Waals surface area contributed by atoms with Crippen LogP contribution in [-0.2, 0) is 4.79 Å². The zero-order chi connectivity index (χ0) is 20.6. The quantitative estimate of drug-likeness (QED) is 0.516. The van der Waals surface area contributed by atoms with Gasteiger partial charge in [0.1, 0.15) is 24.3 Å². The summed E-state index contributed by atoms with van der Waals surface area (Å²) < 4.78 is 23.2. The average Bonchev–Trinajstić information content (AvgIpc) is 3.20. The number of methoxy groups -OCH3 is 1. The Morgan fingerprint density at radius 3 is 2.52 bits per heavy atom. The summed E-state index contributed by atoms with van der Waals surface area (Å²) in [4.78, 5) is 16.6. The van der Waals surface area contributed by atoms with Gasteiger partial charge in [-0.3, -0.25) is 10.1 Å². The molecule has 0 aliphatic carbocycles. The van der Waals surface area contributed by atoms with Crippen molar-refractivity contribution in [2.45, 2.75) is 13.1 Å². The summed E-state index contributed by atoms with van der Waals surface area (Å²) in [6, 6.07) is 14.6. The summed E-state index contributed by atoms with van der Waals surface area (Å²) >= 11 is 1.36. The second-order valence-electron chi connectivity index (χ2n) is 6.25. The van der Waals surface area contributed by atoms with E-state index in [-0.39, 0.29) is 12.5 Å². The average molecular weight is 412 g/mol. The van der Waals surface area contributed by atoms with Gasteiger partial charge in [-0.05, 0) is 55.0 Å². The van der Waals surface area contributed by atoms with Gasteiger partial charge in [-0.2, -0.15) is 0 Å². The molecule has 0 radical (unpaired) electrons. The van der Waals surface area contributed by atoms with Crippen molar-refractivity contribution >= 4 is 28.5 Å². The summed E-state index contributed by atoms with van der Waals surface area (Å²) in [7, 11) is 1.62. The highest BCUT2D eigenvalue weighted by molar-refractivity contribution is 7.14. The molecule has 1 heterocycles. The summed E-state index contributed by atoms with van der Waals surface area (Å²) in [6.07, 6.45) is 2.11. The summed E-state index contributed by atoms with van der Waals surface area (Å²) in [5.41, 5.74) is 2.57. The van der Waals surface area contributed by atoms with Gasteiger partial charge >= 0.3 is 0 Å². The molecule has 1 N–H and O–H groups in total. The number of benzene rings is 2. The number of nitrogens with zero attached hydrogens (tertiary/aromatic N) is 1. The van der Waals surface area contributed by atoms with Gasteiger partial charge in [0, 0.05) is 17.0 Å². The first-order valence-corrected chi connectivity index (χ1v) is 9.87. The van der Waals surface area contributed by atoms with Crippen molar-refractivity contribution in [3.8, 4) is 22.8 Å². The molecule has 0 aliphatic rings. The molecular weight excluding hydrogens is 391 g/mol. The third-order valence-electron chi connectivity index (χ3n) is 3.91. The number of hydrogen-bond donors (Lipinski definition) is 1. The van der Waals surface area contributed by atoms with Gasteiger partial charge in [0.05, 0.1) is 12.8 Å². The van der Waals surface area contributed by atoms with E-state index in [0.717, 1.165) is 22.6 Å². The largest absolute Gasteiger partial charge is 0.497 e. The van der Waals surface area contributed by atoms with Crippen molar-refractivity contribution in [1.82, 2.24) is 4.98 Å². The number of carbonyl (C=O) groups is 1. The van der Waals surface area contributed by atoms with E-state index in [2.05, 4.69) is 10.3 Å². The number of halogens is 1. The van der Waals surface area contributed by atoms with Crippen molar-refractivity contribution in [3.63, 3.8) is 0 Å². The number of thiazole rings is 1. The first kappa shape index (κ1) is 20.5. The zero-order valence-electron chi connectivity index (χ0n) is 16.1. The zero-order valence-corrected chi connectivity index (χ0v) is 16.9. The predicted molar refractivity (Wildman–Crippen MR) is 114 cm³/mol. The highest BCUT2D eigenvalue weighted by Gasteiger charge is 2.07. The van der Waals surface area contributed by atoms with Crippen LogP contribution in [0.2, 0.25) is 0 Å². The lowest BCUT2D eigenvalue weighted by Gasteiger charge is -2.06. The van der Waals surface area contributed by atoms with E-state index in [1.807, 2.05) is 29.6 Å². The van der Waals surface area contributed by atoms with E-state index >= 15 is 0 Å². The number of alkyl halides is 1. The van der Waals surface area contributed by atoms with Crippen molar-refractivity contribution in [2.24, 2.45) is 0 Å². The van der Waals surface area contributed by atoms with E-state index in [9.17, 15) is 9.18 Å². The van der Waals surface area contributed by atoms with Crippen molar-refractivity contribution in [3.05, 3.63) is 65.6 Å². The molecule has 5 nitrogen and oxygen atoms in total. The third kappa shape index (κ3) is 6.15. The molecule has 7 heteroatoms. The lowest BCUT2D eigenvalue weighted by Crippen LogP contribution is -2.08. The van der Waals surface area contributed by atoms with Gasteiger partial charge in [0.15, 0.2) is 5.13 Å². The summed E-state index contributed by atoms with van der Waals surface area (Å²) in [5.74, 6) is 1.09. The van der Waals surface area contributed by atoms with Crippen LogP contribution in [-0.4, -0.2) is 30.8 Å². The molecular formula is C22H21FN2O3S. The number of amides is 1. The molecule has 3 rings (SSSR count). The van der Waals surface area contributed by atoms with Crippen LogP contribution in [0.25, 0.3) is 17.3 Å². The van der Waals surface area contributed by atoms with E-state index in [1.54, 1.807) is 37.5 Å². The van der Waals surface area contributed by atoms with Crippen molar-refractivity contribution in [2.75, 3.05) is 19.0 Å². The maximum absolute atomic E-state index is 12.8. The number of aromatic nitrogens is 1. The molecule has 1 unspecified atom stereocenters. The fourth-order valence-electron chi connectivity index (χ4n) is 2.43. The number of carbonyl (C=O) groups excluding carboxylic acids is 1. The van der Waals surface area contributed by atoms with Crippen molar-refractivity contribution < 1.29 is 18.7 Å². The Kier molecular flexibility index (Phi) is 6.97. The van der Waals surface area contributed by atoms with Gasteiger partial charge in [0.2, 0.25) is 5.91 Å². The molecule has 1 aromatic heterocycles. The lowest BCUT2D eigenvalue weighted by atomic mass is 10.2. The highest BCUT2D eigenvalue weighted by Crippen LogP contribution is 2.26. The predicted octanol–water partition coefficient (Wildman–Crippen LogP) is 5.21. The molecule has 29 heavy (non-hydrogen) atoms. The lowest BCUT2D eigenvalue weighted by molar-refractivity contribution is -0.111. The minimum atomic E-state index is -1.02. The molecule has 3 aromatic rings. The van der Waals surface area contributed by atoms with Crippen LogP contribution >= 0.6 is 11.3 Å². The highest BCUT2D eigenvalue weighted by atomic mass is 32.1. The normalized spacial score (nSPS) is 12.0. The Morgan fingerprint density at radius 2 is 1.86 bits per heavy atom. The molecule has 0 saturated carbocycles. The number of nitrogens with one attached hydrogen (secondary N) is 1. The first-order chi connectivity index (χ1) is 14.0. The smallest absolute Gasteiger partial charge is 0.250 e. The van der Waals surface area contributed by atoms with Crippen LogP contribution in [0.5, 0.6) is 11.5 Å². The molecule has 0 saturated heterocycles. The van der Waals surface area contributed by atoms with Gasteiger partial charge in [-0.1, -0.05) is 12.1 Å². The number of anilines is 1. The molecule has 150 valence electrons. The van der Waals surface area contributed by atoms with Crippen LogP contribution in [0.4, 0.5) is 9.52 Å². The number of hydrogen-bond acceptors (Lipinski definition) is 5. The second-order valence-corrected chi connectivity index (χ2v) is 7.11. The molecule has 0 aliphatic heterocycles. The van der Waals surface area contributed by atoms with Crippen LogP contribution < -0.4 is 14.8 Å². The molecule has 0 fully saturated rings. The fraction of sp³-hybridized carbons (Fsp3) is 0.182. The van der Waals surface area contributed by atoms with E-state index < -0.39 is 6.17 Å². The van der Waals surface area contributed by atoms with Crippen LogP contribution in [0.15, 0.2) is 60.0 Å². The van der Waals surface area contributed by atoms with E-state index in [4.69, 9.17) is 9.47 Å². The van der Waals surface area contributed by atoms with Gasteiger partial charge < -0.3 is 9.47 Å². The van der Waals surface area contributed by atoms with E-state index in [1.165, 1.54) is 24.3 Å². The maximum atomic E-state index is 12.8. The van der Waals surface area contributed by atoms with Crippen LogP contribution in [0.3, 0.4) is 0 Å². The number of ether oxygens (including phenoxy) is 2. The summed E-state index contributed by atoms with van der Waals surface area (Å²) in [6.45, 7) is 1.46. The first-order valence-electron chi connectivity index (χ1n) is 8.99. The molecule has 2 aromatic carbocycles. The van der Waals surface area contributed by atoms with Gasteiger partial charge in [0.25, 0.3) is 0 Å². The van der Waals surface area contributed by atoms with Crippen molar-refractivity contribution in [1.29, 1.82) is 0 Å². The third-order valence-corrected chi connectivity index (χ3v) is 4.66. The Labute approximate surface area is 172 Å². The monoisotopic (exact) mass is 412 g/mol. The molecule has 1 amide bonds. The topological polar surface area (TPSA) is 60.5 Å². The molecule has 0 spiro atoms. The Balaban J connectivity index is 1.55. The minimum absolute atomic E-state index is 0.0178. The van der Waals surface area contributed by atoms with Crippen LogP contribution in [0.1, 0.15) is 12.5 Å². The van der Waals surface area contributed by atoms with Gasteiger partial charge in [-0.25, -0.2) is 9.37 Å². The van der Waals surface area contributed by atoms with Crippen LogP contribution in [0, 0.1) is 0 Å². The SMILES string of the molecule is COc1ccc(-c2csc(NC(=O)/C=C/c3ccc(OCC(C)F)cc3)n2)cc1. The molecule has 0 bridgehead atoms. The summed E-state index contributed by atoms with van der Waals surface area (Å²) in [5, 5.41) is 5.17. The Bertz CT molecular complexity index is 966. The minimum Gasteiger partial charge on any atom is -0.497 e. The maximum Gasteiger partial charge on any atom is 0.250 e. The molecule has 1 atom stereocenters. The second kappa shape index (κ2) is 9.84.